The molecule has 0 aromatic heterocycles. The van der Waals surface area contributed by atoms with E-state index < -0.39 is 0 Å². The quantitative estimate of drug-likeness (QED) is 0.523. The number of hydrogen-bond acceptors (Lipinski definition) is 5. The minimum atomic E-state index is -0.307. The van der Waals surface area contributed by atoms with E-state index in [1.54, 1.807) is 6.07 Å². The molecule has 3 rings (SSSR count). The zero-order chi connectivity index (χ0) is 19.9. The van der Waals surface area contributed by atoms with Crippen LogP contribution in [-0.2, 0) is 20.9 Å². The number of hydrogen-bond donors (Lipinski definition) is 4. The SMILES string of the molecule is COCC(=O)Nc1cccc(CNC(=O)C2CC(c3ccc(Br)cc3)NN2)c1. The lowest BCUT2D eigenvalue weighted by atomic mass is 10.0. The Morgan fingerprint density at radius 3 is 2.71 bits per heavy atom. The first kappa shape index (κ1) is 20.5. The molecule has 4 N–H and O–H groups in total. The number of hydrazine groups is 1. The first-order chi connectivity index (χ1) is 13.5. The van der Waals surface area contributed by atoms with Gasteiger partial charge in [-0.25, -0.2) is 10.9 Å². The molecular formula is C20H23BrN4O3. The highest BCUT2D eigenvalue weighted by atomic mass is 79.9. The molecule has 28 heavy (non-hydrogen) atoms. The number of carbonyl (C=O) groups is 2. The van der Waals surface area contributed by atoms with Gasteiger partial charge in [-0.15, -0.1) is 0 Å². The number of methoxy groups -OCH3 is 1. The van der Waals surface area contributed by atoms with Gasteiger partial charge in [0, 0.05) is 29.9 Å². The molecule has 1 saturated heterocycles. The van der Waals surface area contributed by atoms with E-state index >= 15 is 0 Å². The van der Waals surface area contributed by atoms with Crippen LogP contribution in [0, 0.1) is 0 Å². The lowest BCUT2D eigenvalue weighted by Gasteiger charge is -2.12. The number of benzene rings is 2. The van der Waals surface area contributed by atoms with Crippen LogP contribution in [0.5, 0.6) is 0 Å². The Morgan fingerprint density at radius 2 is 1.96 bits per heavy atom. The van der Waals surface area contributed by atoms with Crippen molar-refractivity contribution in [2.75, 3.05) is 19.0 Å². The number of amides is 2. The van der Waals surface area contributed by atoms with E-state index in [9.17, 15) is 9.59 Å². The summed E-state index contributed by atoms with van der Waals surface area (Å²) in [6, 6.07) is 15.2. The summed E-state index contributed by atoms with van der Waals surface area (Å²) in [5.74, 6) is -0.287. The second kappa shape index (κ2) is 9.79. The van der Waals surface area contributed by atoms with E-state index in [1.807, 2.05) is 42.5 Å². The fourth-order valence-electron chi connectivity index (χ4n) is 3.04. The number of anilines is 1. The average Bonchev–Trinajstić information content (AvgIpc) is 3.17. The summed E-state index contributed by atoms with van der Waals surface area (Å²) in [6.45, 7) is 0.384. The Morgan fingerprint density at radius 1 is 1.18 bits per heavy atom. The van der Waals surface area contributed by atoms with Crippen LogP contribution in [0.1, 0.15) is 23.6 Å². The molecule has 7 nitrogen and oxygen atoms in total. The van der Waals surface area contributed by atoms with Gasteiger partial charge >= 0.3 is 0 Å². The summed E-state index contributed by atoms with van der Waals surface area (Å²) >= 11 is 3.43. The minimum Gasteiger partial charge on any atom is -0.375 e. The van der Waals surface area contributed by atoms with Gasteiger partial charge in [-0.2, -0.15) is 0 Å². The van der Waals surface area contributed by atoms with Crippen LogP contribution in [0.4, 0.5) is 5.69 Å². The standard InChI is InChI=1S/C20H23BrN4O3/c1-28-12-19(26)23-16-4-2-3-13(9-16)11-22-20(27)18-10-17(24-25-18)14-5-7-15(21)8-6-14/h2-9,17-18,24-25H,10-12H2,1H3,(H,22,27)(H,23,26). The maximum atomic E-state index is 12.5. The predicted molar refractivity (Wildman–Crippen MR) is 110 cm³/mol. The molecule has 0 bridgehead atoms. The van der Waals surface area contributed by atoms with Crippen molar-refractivity contribution in [3.8, 4) is 0 Å². The first-order valence-electron chi connectivity index (χ1n) is 8.97. The molecule has 2 unspecified atom stereocenters. The van der Waals surface area contributed by atoms with E-state index in [0.717, 1.165) is 15.6 Å². The molecule has 2 atom stereocenters. The maximum absolute atomic E-state index is 12.5. The van der Waals surface area contributed by atoms with Crippen molar-refractivity contribution in [3.05, 3.63) is 64.1 Å². The van der Waals surface area contributed by atoms with Crippen molar-refractivity contribution in [1.82, 2.24) is 16.2 Å². The van der Waals surface area contributed by atoms with Crippen molar-refractivity contribution in [1.29, 1.82) is 0 Å². The van der Waals surface area contributed by atoms with Crippen LogP contribution in [0.3, 0.4) is 0 Å². The highest BCUT2D eigenvalue weighted by Gasteiger charge is 2.29. The van der Waals surface area contributed by atoms with Gasteiger partial charge in [0.2, 0.25) is 11.8 Å². The monoisotopic (exact) mass is 446 g/mol. The lowest BCUT2D eigenvalue weighted by Crippen LogP contribution is -2.42. The Kier molecular flexibility index (Phi) is 7.16. The Balaban J connectivity index is 1.50. The molecule has 0 radical (unpaired) electrons. The molecule has 2 aromatic carbocycles. The highest BCUT2D eigenvalue weighted by molar-refractivity contribution is 9.10. The lowest BCUT2D eigenvalue weighted by molar-refractivity contribution is -0.123. The molecule has 2 aromatic rings. The smallest absolute Gasteiger partial charge is 0.250 e. The fraction of sp³-hybridized carbons (Fsp3) is 0.300. The van der Waals surface area contributed by atoms with E-state index in [1.165, 1.54) is 7.11 Å². The minimum absolute atomic E-state index is 0.000840. The van der Waals surface area contributed by atoms with Crippen LogP contribution in [0.2, 0.25) is 0 Å². The van der Waals surface area contributed by atoms with Gasteiger partial charge in [-0.1, -0.05) is 40.2 Å². The molecule has 1 aliphatic heterocycles. The van der Waals surface area contributed by atoms with Crippen molar-refractivity contribution in [3.63, 3.8) is 0 Å². The normalized spacial score (nSPS) is 18.6. The van der Waals surface area contributed by atoms with Gasteiger partial charge in [-0.05, 0) is 41.8 Å². The number of rotatable bonds is 7. The molecule has 148 valence electrons. The number of carbonyl (C=O) groups excluding carboxylic acids is 2. The largest absolute Gasteiger partial charge is 0.375 e. The third-order valence-electron chi connectivity index (χ3n) is 4.44. The Hall–Kier alpha value is -2.26. The van der Waals surface area contributed by atoms with Crippen LogP contribution in [0.25, 0.3) is 0 Å². The maximum Gasteiger partial charge on any atom is 0.250 e. The summed E-state index contributed by atoms with van der Waals surface area (Å²) in [5, 5.41) is 5.69. The molecule has 2 amide bonds. The molecule has 0 spiro atoms. The highest BCUT2D eigenvalue weighted by Crippen LogP contribution is 2.23. The summed E-state index contributed by atoms with van der Waals surface area (Å²) < 4.78 is 5.83. The van der Waals surface area contributed by atoms with Gasteiger partial charge in [0.25, 0.3) is 0 Å². The Bertz CT molecular complexity index is 828. The van der Waals surface area contributed by atoms with E-state index in [0.29, 0.717) is 18.7 Å². The third-order valence-corrected chi connectivity index (χ3v) is 4.97. The van der Waals surface area contributed by atoms with Gasteiger partial charge < -0.3 is 15.4 Å². The summed E-state index contributed by atoms with van der Waals surface area (Å²) in [4.78, 5) is 24.1. The predicted octanol–water partition coefficient (Wildman–Crippen LogP) is 2.26. The van der Waals surface area contributed by atoms with E-state index in [2.05, 4.69) is 37.4 Å². The van der Waals surface area contributed by atoms with Crippen molar-refractivity contribution >= 4 is 33.4 Å². The number of halogens is 1. The molecular weight excluding hydrogens is 424 g/mol. The molecule has 1 aliphatic rings. The molecule has 0 aliphatic carbocycles. The molecule has 1 heterocycles. The van der Waals surface area contributed by atoms with Gasteiger partial charge in [-0.3, -0.25) is 9.59 Å². The summed E-state index contributed by atoms with van der Waals surface area (Å²) in [7, 11) is 1.47. The van der Waals surface area contributed by atoms with E-state index in [4.69, 9.17) is 4.74 Å². The van der Waals surface area contributed by atoms with Crippen molar-refractivity contribution < 1.29 is 14.3 Å². The topological polar surface area (TPSA) is 91.5 Å². The van der Waals surface area contributed by atoms with Gasteiger partial charge in [0.1, 0.15) is 12.6 Å². The molecule has 1 fully saturated rings. The fourth-order valence-corrected chi connectivity index (χ4v) is 3.31. The molecule has 0 saturated carbocycles. The van der Waals surface area contributed by atoms with Crippen LogP contribution in [0.15, 0.2) is 53.0 Å². The summed E-state index contributed by atoms with van der Waals surface area (Å²) in [5.41, 5.74) is 8.94. The second-order valence-corrected chi connectivity index (χ2v) is 7.50. The van der Waals surface area contributed by atoms with Gasteiger partial charge in [0.05, 0.1) is 0 Å². The number of ether oxygens (including phenoxy) is 1. The van der Waals surface area contributed by atoms with E-state index in [-0.39, 0.29) is 30.5 Å². The Labute approximate surface area is 172 Å². The average molecular weight is 447 g/mol. The van der Waals surface area contributed by atoms with Crippen LogP contribution >= 0.6 is 15.9 Å². The van der Waals surface area contributed by atoms with Crippen LogP contribution < -0.4 is 21.5 Å². The van der Waals surface area contributed by atoms with Gasteiger partial charge in [0.15, 0.2) is 0 Å². The third kappa shape index (κ3) is 5.62. The molecule has 8 heteroatoms. The second-order valence-electron chi connectivity index (χ2n) is 6.58. The zero-order valence-corrected chi connectivity index (χ0v) is 17.1. The zero-order valence-electron chi connectivity index (χ0n) is 15.5. The first-order valence-corrected chi connectivity index (χ1v) is 9.76. The number of nitrogens with one attached hydrogen (secondary N) is 4. The van der Waals surface area contributed by atoms with Crippen LogP contribution in [-0.4, -0.2) is 31.6 Å². The van der Waals surface area contributed by atoms with Crippen molar-refractivity contribution in [2.45, 2.75) is 25.0 Å². The summed E-state index contributed by atoms with van der Waals surface area (Å²) in [6.07, 6.45) is 0.667. The van der Waals surface area contributed by atoms with Crippen molar-refractivity contribution in [2.24, 2.45) is 0 Å².